The first kappa shape index (κ1) is 15.7. The van der Waals surface area contributed by atoms with Crippen LogP contribution in [0.4, 0.5) is 0 Å². The highest BCUT2D eigenvalue weighted by molar-refractivity contribution is 5.18. The first-order valence-corrected chi connectivity index (χ1v) is 7.46. The molecule has 2 aromatic rings. The lowest BCUT2D eigenvalue weighted by molar-refractivity contribution is 0.264. The molecule has 114 valence electrons. The van der Waals surface area contributed by atoms with Crippen LogP contribution in [-0.2, 0) is 13.1 Å². The molecule has 0 radical (unpaired) electrons. The van der Waals surface area contributed by atoms with Crippen molar-refractivity contribution in [3.63, 3.8) is 0 Å². The van der Waals surface area contributed by atoms with E-state index < -0.39 is 0 Å². The van der Waals surface area contributed by atoms with Gasteiger partial charge in [-0.05, 0) is 17.9 Å². The topological polar surface area (TPSA) is 63.0 Å². The summed E-state index contributed by atoms with van der Waals surface area (Å²) in [7, 11) is 0. The molecule has 0 amide bonds. The fourth-order valence-corrected chi connectivity index (χ4v) is 2.34. The highest BCUT2D eigenvalue weighted by atomic mass is 16.3. The van der Waals surface area contributed by atoms with Gasteiger partial charge in [0.1, 0.15) is 12.2 Å². The molecule has 1 aromatic heterocycles. The maximum absolute atomic E-state index is 9.26. The molecule has 2 N–H and O–H groups in total. The fraction of sp³-hybridized carbons (Fsp3) is 0.500. The molecule has 0 saturated carbocycles. The Kier molecular flexibility index (Phi) is 5.90. The van der Waals surface area contributed by atoms with Crippen molar-refractivity contribution >= 4 is 0 Å². The number of aliphatic hydroxyl groups is 1. The second-order valence-corrected chi connectivity index (χ2v) is 5.61. The lowest BCUT2D eigenvalue weighted by Gasteiger charge is -2.18. The molecule has 0 bridgehead atoms. The largest absolute Gasteiger partial charge is 0.396 e. The SMILES string of the molecule is CC(C)Cn1ncnc1CNC(CCO)c1ccccc1. The van der Waals surface area contributed by atoms with Crippen LogP contribution in [0.15, 0.2) is 36.7 Å². The van der Waals surface area contributed by atoms with Crippen molar-refractivity contribution in [3.05, 3.63) is 48.0 Å². The van der Waals surface area contributed by atoms with E-state index in [2.05, 4.69) is 41.4 Å². The number of aromatic nitrogens is 3. The Morgan fingerprint density at radius 3 is 2.67 bits per heavy atom. The van der Waals surface area contributed by atoms with Crippen LogP contribution in [0, 0.1) is 5.92 Å². The Hall–Kier alpha value is -1.72. The number of aliphatic hydroxyl groups excluding tert-OH is 1. The van der Waals surface area contributed by atoms with Gasteiger partial charge in [0, 0.05) is 19.2 Å². The number of rotatable bonds is 8. The van der Waals surface area contributed by atoms with Crippen molar-refractivity contribution in [2.24, 2.45) is 5.92 Å². The number of nitrogens with zero attached hydrogens (tertiary/aromatic N) is 3. The second kappa shape index (κ2) is 7.90. The third kappa shape index (κ3) is 4.65. The van der Waals surface area contributed by atoms with E-state index in [0.29, 0.717) is 18.9 Å². The van der Waals surface area contributed by atoms with Gasteiger partial charge in [-0.15, -0.1) is 0 Å². The monoisotopic (exact) mass is 288 g/mol. The third-order valence-electron chi connectivity index (χ3n) is 3.36. The quantitative estimate of drug-likeness (QED) is 0.781. The molecule has 5 heteroatoms. The molecule has 1 aromatic carbocycles. The predicted octanol–water partition coefficient (Wildman–Crippen LogP) is 2.15. The summed E-state index contributed by atoms with van der Waals surface area (Å²) in [5.41, 5.74) is 1.18. The third-order valence-corrected chi connectivity index (χ3v) is 3.36. The van der Waals surface area contributed by atoms with Crippen LogP contribution in [0.3, 0.4) is 0 Å². The van der Waals surface area contributed by atoms with Crippen molar-refractivity contribution in [1.29, 1.82) is 0 Å². The minimum absolute atomic E-state index is 0.125. The van der Waals surface area contributed by atoms with Gasteiger partial charge in [-0.2, -0.15) is 5.10 Å². The number of benzene rings is 1. The molecule has 0 aliphatic carbocycles. The van der Waals surface area contributed by atoms with Gasteiger partial charge < -0.3 is 10.4 Å². The smallest absolute Gasteiger partial charge is 0.140 e. The van der Waals surface area contributed by atoms with E-state index in [1.807, 2.05) is 22.9 Å². The van der Waals surface area contributed by atoms with Crippen molar-refractivity contribution in [2.45, 2.75) is 39.4 Å². The van der Waals surface area contributed by atoms with Crippen LogP contribution in [0.1, 0.15) is 37.7 Å². The van der Waals surface area contributed by atoms with Gasteiger partial charge in [0.05, 0.1) is 6.54 Å². The van der Waals surface area contributed by atoms with Crippen LogP contribution in [0.25, 0.3) is 0 Å². The van der Waals surface area contributed by atoms with E-state index >= 15 is 0 Å². The van der Waals surface area contributed by atoms with E-state index in [9.17, 15) is 5.11 Å². The van der Waals surface area contributed by atoms with Gasteiger partial charge >= 0.3 is 0 Å². The summed E-state index contributed by atoms with van der Waals surface area (Å²) < 4.78 is 1.94. The minimum atomic E-state index is 0.125. The number of hydrogen-bond donors (Lipinski definition) is 2. The molecule has 0 saturated heterocycles. The summed E-state index contributed by atoms with van der Waals surface area (Å²) >= 11 is 0. The zero-order valence-corrected chi connectivity index (χ0v) is 12.7. The summed E-state index contributed by atoms with van der Waals surface area (Å²) in [6.45, 7) is 6.00. The normalized spacial score (nSPS) is 12.8. The van der Waals surface area contributed by atoms with Gasteiger partial charge in [0.15, 0.2) is 0 Å². The molecule has 0 fully saturated rings. The van der Waals surface area contributed by atoms with Gasteiger partial charge in [0.2, 0.25) is 0 Å². The number of nitrogens with one attached hydrogen (secondary N) is 1. The van der Waals surface area contributed by atoms with E-state index in [4.69, 9.17) is 0 Å². The molecule has 0 spiro atoms. The predicted molar refractivity (Wildman–Crippen MR) is 82.6 cm³/mol. The van der Waals surface area contributed by atoms with Gasteiger partial charge in [-0.1, -0.05) is 44.2 Å². The lowest BCUT2D eigenvalue weighted by Crippen LogP contribution is -2.24. The first-order valence-electron chi connectivity index (χ1n) is 7.46. The van der Waals surface area contributed by atoms with Crippen LogP contribution in [0.2, 0.25) is 0 Å². The van der Waals surface area contributed by atoms with Crippen LogP contribution in [-0.4, -0.2) is 26.5 Å². The molecule has 1 heterocycles. The zero-order chi connectivity index (χ0) is 15.1. The Bertz CT molecular complexity index is 524. The van der Waals surface area contributed by atoms with Crippen molar-refractivity contribution in [1.82, 2.24) is 20.1 Å². The second-order valence-electron chi connectivity index (χ2n) is 5.61. The summed E-state index contributed by atoms with van der Waals surface area (Å²) in [4.78, 5) is 4.32. The Morgan fingerprint density at radius 1 is 1.24 bits per heavy atom. The average Bonchev–Trinajstić information content (AvgIpc) is 2.91. The van der Waals surface area contributed by atoms with E-state index in [1.54, 1.807) is 6.33 Å². The van der Waals surface area contributed by atoms with Crippen molar-refractivity contribution < 1.29 is 5.11 Å². The molecule has 0 aliphatic heterocycles. The summed E-state index contributed by atoms with van der Waals surface area (Å²) in [6.07, 6.45) is 2.28. The first-order chi connectivity index (χ1) is 10.2. The minimum Gasteiger partial charge on any atom is -0.396 e. The van der Waals surface area contributed by atoms with E-state index in [1.165, 1.54) is 5.56 Å². The average molecular weight is 288 g/mol. The summed E-state index contributed by atoms with van der Waals surface area (Å²) in [5.74, 6) is 1.47. The molecule has 0 aliphatic rings. The summed E-state index contributed by atoms with van der Waals surface area (Å²) in [6, 6.07) is 10.3. The molecular weight excluding hydrogens is 264 g/mol. The fourth-order valence-electron chi connectivity index (χ4n) is 2.34. The maximum Gasteiger partial charge on any atom is 0.140 e. The molecule has 1 atom stereocenters. The molecule has 21 heavy (non-hydrogen) atoms. The van der Waals surface area contributed by atoms with Crippen LogP contribution < -0.4 is 5.32 Å². The van der Waals surface area contributed by atoms with Gasteiger partial charge in [0.25, 0.3) is 0 Å². The van der Waals surface area contributed by atoms with E-state index in [0.717, 1.165) is 12.4 Å². The highest BCUT2D eigenvalue weighted by Gasteiger charge is 2.12. The molecule has 2 rings (SSSR count). The summed E-state index contributed by atoms with van der Waals surface area (Å²) in [5, 5.41) is 17.0. The Balaban J connectivity index is 2.01. The Labute approximate surface area is 126 Å². The lowest BCUT2D eigenvalue weighted by atomic mass is 10.0. The Morgan fingerprint density at radius 2 is 2.00 bits per heavy atom. The van der Waals surface area contributed by atoms with Gasteiger partial charge in [-0.3, -0.25) is 0 Å². The van der Waals surface area contributed by atoms with Crippen molar-refractivity contribution in [3.8, 4) is 0 Å². The number of hydrogen-bond acceptors (Lipinski definition) is 4. The van der Waals surface area contributed by atoms with Crippen LogP contribution in [0.5, 0.6) is 0 Å². The molecular formula is C16H24N4O. The van der Waals surface area contributed by atoms with Gasteiger partial charge in [-0.25, -0.2) is 9.67 Å². The highest BCUT2D eigenvalue weighted by Crippen LogP contribution is 2.16. The van der Waals surface area contributed by atoms with Crippen LogP contribution >= 0.6 is 0 Å². The van der Waals surface area contributed by atoms with Crippen molar-refractivity contribution in [2.75, 3.05) is 6.61 Å². The zero-order valence-electron chi connectivity index (χ0n) is 12.7. The maximum atomic E-state index is 9.26. The standard InChI is InChI=1S/C16H24N4O/c1-13(2)11-20-16(18-12-19-20)10-17-15(8-9-21)14-6-4-3-5-7-14/h3-7,12-13,15,17,21H,8-11H2,1-2H3. The molecule has 5 nitrogen and oxygen atoms in total. The van der Waals surface area contributed by atoms with E-state index in [-0.39, 0.29) is 12.6 Å². The molecule has 1 unspecified atom stereocenters.